The predicted molar refractivity (Wildman–Crippen MR) is 83.1 cm³/mol. The van der Waals surface area contributed by atoms with Gasteiger partial charge in [0.1, 0.15) is 0 Å². The lowest BCUT2D eigenvalue weighted by Gasteiger charge is -2.32. The largest absolute Gasteiger partial charge is 0.339 e. The molecule has 0 unspecified atom stereocenters. The molecular weight excluding hydrogens is 294 g/mol. The third-order valence-electron chi connectivity index (χ3n) is 3.92. The van der Waals surface area contributed by atoms with Crippen LogP contribution in [0.4, 0.5) is 5.69 Å². The first kappa shape index (κ1) is 17.4. The lowest BCUT2D eigenvalue weighted by atomic mass is 10.0. The smallest absolute Gasteiger partial charge is 0.273 e. The highest BCUT2D eigenvalue weighted by molar-refractivity contribution is 5.96. The Morgan fingerprint density at radius 2 is 2.00 bits per heavy atom. The van der Waals surface area contributed by atoms with Crippen molar-refractivity contribution in [1.82, 2.24) is 10.2 Å². The molecule has 6 nitrogen and oxygen atoms in total. The maximum Gasteiger partial charge on any atom is 0.273 e. The minimum absolute atomic E-state index is 0. The van der Waals surface area contributed by atoms with Gasteiger partial charge in [-0.15, -0.1) is 12.4 Å². The second kappa shape index (κ2) is 7.38. The first-order valence-electron chi connectivity index (χ1n) is 6.75. The minimum atomic E-state index is -0.445. The van der Waals surface area contributed by atoms with Crippen LogP contribution in [0.2, 0.25) is 0 Å². The van der Waals surface area contributed by atoms with Gasteiger partial charge in [-0.3, -0.25) is 14.9 Å². The Bertz CT molecular complexity index is 528. The number of amides is 1. The van der Waals surface area contributed by atoms with E-state index >= 15 is 0 Å². The van der Waals surface area contributed by atoms with Crippen molar-refractivity contribution in [3.63, 3.8) is 0 Å². The van der Waals surface area contributed by atoms with E-state index < -0.39 is 4.92 Å². The molecule has 0 aliphatic carbocycles. The second-order valence-corrected chi connectivity index (χ2v) is 5.06. The van der Waals surface area contributed by atoms with Gasteiger partial charge >= 0.3 is 0 Å². The Morgan fingerprint density at radius 3 is 2.52 bits per heavy atom. The van der Waals surface area contributed by atoms with Crippen molar-refractivity contribution in [2.24, 2.45) is 0 Å². The monoisotopic (exact) mass is 313 g/mol. The molecule has 1 saturated heterocycles. The van der Waals surface area contributed by atoms with Crippen LogP contribution in [-0.2, 0) is 0 Å². The summed E-state index contributed by atoms with van der Waals surface area (Å²) < 4.78 is 0. The molecule has 7 heteroatoms. The zero-order chi connectivity index (χ0) is 14.7. The van der Waals surface area contributed by atoms with Gasteiger partial charge in [-0.25, -0.2) is 0 Å². The molecule has 1 aliphatic rings. The van der Waals surface area contributed by atoms with Crippen LogP contribution in [0.15, 0.2) is 18.2 Å². The quantitative estimate of drug-likeness (QED) is 0.685. The van der Waals surface area contributed by atoms with Crippen LogP contribution in [0.1, 0.15) is 28.8 Å². The molecule has 0 aromatic heterocycles. The molecule has 1 aliphatic heterocycles. The molecule has 0 saturated carbocycles. The second-order valence-electron chi connectivity index (χ2n) is 5.06. The Hall–Kier alpha value is -1.66. The van der Waals surface area contributed by atoms with Crippen LogP contribution in [-0.4, -0.2) is 41.9 Å². The van der Waals surface area contributed by atoms with E-state index in [1.807, 2.05) is 7.05 Å². The Balaban J connectivity index is 0.00000220. The number of nitrogens with one attached hydrogen (secondary N) is 1. The highest BCUT2D eigenvalue weighted by Gasteiger charge is 2.25. The Morgan fingerprint density at radius 1 is 1.38 bits per heavy atom. The number of halogens is 1. The number of nitrogens with zero attached hydrogens (tertiary/aromatic N) is 2. The van der Waals surface area contributed by atoms with Crippen molar-refractivity contribution in [1.29, 1.82) is 0 Å². The van der Waals surface area contributed by atoms with Gasteiger partial charge in [-0.2, -0.15) is 0 Å². The van der Waals surface area contributed by atoms with E-state index in [1.54, 1.807) is 24.0 Å². The van der Waals surface area contributed by atoms with Gasteiger partial charge in [0.05, 0.1) is 4.92 Å². The fraction of sp³-hybridized carbons (Fsp3) is 0.500. The number of nitro benzene ring substituents is 1. The van der Waals surface area contributed by atoms with Crippen molar-refractivity contribution in [2.45, 2.75) is 25.8 Å². The maximum absolute atomic E-state index is 12.5. The molecule has 1 amide bonds. The van der Waals surface area contributed by atoms with Gasteiger partial charge in [-0.05, 0) is 32.9 Å². The van der Waals surface area contributed by atoms with E-state index in [-0.39, 0.29) is 24.0 Å². The number of piperidine rings is 1. The first-order chi connectivity index (χ1) is 9.54. The summed E-state index contributed by atoms with van der Waals surface area (Å²) in [5, 5.41) is 14.1. The molecule has 1 fully saturated rings. The number of carbonyl (C=O) groups excluding carboxylic acids is 1. The molecule has 0 bridgehead atoms. The molecule has 1 aromatic rings. The van der Waals surface area contributed by atoms with E-state index in [0.717, 1.165) is 12.8 Å². The molecule has 21 heavy (non-hydrogen) atoms. The van der Waals surface area contributed by atoms with E-state index in [4.69, 9.17) is 0 Å². The summed E-state index contributed by atoms with van der Waals surface area (Å²) in [6.45, 7) is 3.00. The molecule has 1 heterocycles. The molecule has 0 atom stereocenters. The lowest BCUT2D eigenvalue weighted by Crippen LogP contribution is -2.44. The number of hydrogen-bond acceptors (Lipinski definition) is 4. The van der Waals surface area contributed by atoms with Gasteiger partial charge in [-0.1, -0.05) is 6.07 Å². The Kier molecular flexibility index (Phi) is 6.11. The topological polar surface area (TPSA) is 75.5 Å². The summed E-state index contributed by atoms with van der Waals surface area (Å²) in [6.07, 6.45) is 1.83. The summed E-state index contributed by atoms with van der Waals surface area (Å²) in [6, 6.07) is 5.11. The number of likely N-dealkylation sites (tertiary alicyclic amines) is 1. The molecule has 0 radical (unpaired) electrons. The van der Waals surface area contributed by atoms with Crippen molar-refractivity contribution < 1.29 is 9.72 Å². The summed E-state index contributed by atoms with van der Waals surface area (Å²) in [5.41, 5.74) is 0.876. The van der Waals surface area contributed by atoms with Crippen molar-refractivity contribution in [3.8, 4) is 0 Å². The van der Waals surface area contributed by atoms with Gasteiger partial charge in [0.2, 0.25) is 0 Å². The van der Waals surface area contributed by atoms with Crippen LogP contribution in [0.3, 0.4) is 0 Å². The van der Waals surface area contributed by atoms with Crippen molar-refractivity contribution in [2.75, 3.05) is 20.1 Å². The summed E-state index contributed by atoms with van der Waals surface area (Å²) in [4.78, 5) is 24.7. The normalized spacial score (nSPS) is 15.4. The van der Waals surface area contributed by atoms with Gasteiger partial charge in [0, 0.05) is 36.3 Å². The average molecular weight is 314 g/mol. The molecular formula is C14H20ClN3O3. The predicted octanol–water partition coefficient (Wildman–Crippen LogP) is 2.15. The highest BCUT2D eigenvalue weighted by atomic mass is 35.5. The molecule has 116 valence electrons. The van der Waals surface area contributed by atoms with Crippen molar-refractivity contribution in [3.05, 3.63) is 39.4 Å². The summed E-state index contributed by atoms with van der Waals surface area (Å²) >= 11 is 0. The van der Waals surface area contributed by atoms with E-state index in [0.29, 0.717) is 30.3 Å². The van der Waals surface area contributed by atoms with Crippen molar-refractivity contribution >= 4 is 24.0 Å². The highest BCUT2D eigenvalue weighted by Crippen LogP contribution is 2.23. The number of benzene rings is 1. The van der Waals surface area contributed by atoms with Gasteiger partial charge < -0.3 is 10.2 Å². The SMILES string of the molecule is CNC1CCN(C(=O)c2cccc([N+](=O)[O-])c2C)CC1.Cl. The van der Waals surface area contributed by atoms with E-state index in [9.17, 15) is 14.9 Å². The zero-order valence-electron chi connectivity index (χ0n) is 12.2. The van der Waals surface area contributed by atoms with E-state index in [2.05, 4.69) is 5.32 Å². The fourth-order valence-electron chi connectivity index (χ4n) is 2.59. The van der Waals surface area contributed by atoms with Crippen LogP contribution < -0.4 is 5.32 Å². The zero-order valence-corrected chi connectivity index (χ0v) is 13.0. The number of rotatable bonds is 3. The van der Waals surface area contributed by atoms with Crippen LogP contribution in [0.5, 0.6) is 0 Å². The number of nitro groups is 1. The fourth-order valence-corrected chi connectivity index (χ4v) is 2.59. The van der Waals surface area contributed by atoms with E-state index in [1.165, 1.54) is 6.07 Å². The van der Waals surface area contributed by atoms with Gasteiger partial charge in [0.15, 0.2) is 0 Å². The third kappa shape index (κ3) is 3.71. The van der Waals surface area contributed by atoms with Gasteiger partial charge in [0.25, 0.3) is 11.6 Å². The Labute approximate surface area is 130 Å². The first-order valence-corrected chi connectivity index (χ1v) is 6.75. The summed E-state index contributed by atoms with van der Waals surface area (Å²) in [7, 11) is 1.92. The van der Waals surface area contributed by atoms with Crippen LogP contribution in [0, 0.1) is 17.0 Å². The number of carbonyl (C=O) groups is 1. The third-order valence-corrected chi connectivity index (χ3v) is 3.92. The van der Waals surface area contributed by atoms with Crippen LogP contribution in [0.25, 0.3) is 0 Å². The molecule has 1 N–H and O–H groups in total. The molecule has 1 aromatic carbocycles. The lowest BCUT2D eigenvalue weighted by molar-refractivity contribution is -0.385. The average Bonchev–Trinajstić information content (AvgIpc) is 2.46. The standard InChI is InChI=1S/C14H19N3O3.ClH/c1-10-12(4-3-5-13(10)17(19)20)14(18)16-8-6-11(15-2)7-9-16;/h3-5,11,15H,6-9H2,1-2H3;1H. The maximum atomic E-state index is 12.5. The van der Waals surface area contributed by atoms with Crippen LogP contribution >= 0.6 is 12.4 Å². The summed E-state index contributed by atoms with van der Waals surface area (Å²) in [5.74, 6) is -0.110. The molecule has 0 spiro atoms. The minimum Gasteiger partial charge on any atom is -0.339 e. The number of hydrogen-bond donors (Lipinski definition) is 1. The molecule has 2 rings (SSSR count).